The molecular formula is C21H23N3O2S. The first-order chi connectivity index (χ1) is 13.0. The second-order valence-electron chi connectivity index (χ2n) is 7.04. The average molecular weight is 382 g/mol. The van der Waals surface area contributed by atoms with Crippen molar-refractivity contribution < 1.29 is 8.42 Å². The van der Waals surface area contributed by atoms with Crippen LogP contribution in [0.2, 0.25) is 0 Å². The molecule has 0 amide bonds. The highest BCUT2D eigenvalue weighted by Gasteiger charge is 2.19. The van der Waals surface area contributed by atoms with Crippen LogP contribution < -0.4 is 14.9 Å². The minimum Gasteiger partial charge on any atom is -0.377 e. The molecule has 5 nitrogen and oxygen atoms in total. The quantitative estimate of drug-likeness (QED) is 0.728. The van der Waals surface area contributed by atoms with Gasteiger partial charge in [0.15, 0.2) is 0 Å². The van der Waals surface area contributed by atoms with Crippen molar-refractivity contribution in [2.45, 2.75) is 17.9 Å². The summed E-state index contributed by atoms with van der Waals surface area (Å²) in [6.45, 7) is 1.73. The predicted molar refractivity (Wildman–Crippen MR) is 111 cm³/mol. The van der Waals surface area contributed by atoms with Crippen molar-refractivity contribution in [1.29, 1.82) is 0 Å². The molecule has 0 aromatic heterocycles. The highest BCUT2D eigenvalue weighted by molar-refractivity contribution is 7.93. The summed E-state index contributed by atoms with van der Waals surface area (Å²) in [5, 5.41) is 4.96. The van der Waals surface area contributed by atoms with Crippen molar-refractivity contribution in [3.05, 3.63) is 65.7 Å². The molecule has 0 radical (unpaired) electrons. The maximum atomic E-state index is 13.1. The fourth-order valence-corrected chi connectivity index (χ4v) is 4.92. The molecule has 0 spiro atoms. The lowest BCUT2D eigenvalue weighted by atomic mass is 10.0. The molecule has 0 saturated heterocycles. The first-order valence-corrected chi connectivity index (χ1v) is 10.5. The molecule has 0 fully saturated rings. The van der Waals surface area contributed by atoms with Crippen LogP contribution >= 0.6 is 0 Å². The van der Waals surface area contributed by atoms with Gasteiger partial charge in [-0.05, 0) is 48.4 Å². The molecule has 0 aliphatic carbocycles. The number of anilines is 2. The van der Waals surface area contributed by atoms with Crippen LogP contribution in [0.5, 0.6) is 0 Å². The molecule has 6 heteroatoms. The van der Waals surface area contributed by atoms with E-state index in [0.717, 1.165) is 41.5 Å². The maximum absolute atomic E-state index is 13.1. The number of sulfonamides is 1. The molecule has 4 rings (SSSR count). The van der Waals surface area contributed by atoms with Crippen molar-refractivity contribution in [1.82, 2.24) is 5.32 Å². The van der Waals surface area contributed by atoms with E-state index in [2.05, 4.69) is 10.0 Å². The van der Waals surface area contributed by atoms with Crippen LogP contribution in [0.3, 0.4) is 0 Å². The zero-order chi connectivity index (χ0) is 19.0. The number of benzene rings is 3. The summed E-state index contributed by atoms with van der Waals surface area (Å²) in [5.41, 5.74) is 4.01. The Balaban J connectivity index is 1.75. The van der Waals surface area contributed by atoms with Crippen LogP contribution in [0.4, 0.5) is 11.4 Å². The molecule has 3 aromatic carbocycles. The first-order valence-electron chi connectivity index (χ1n) is 9.00. The minimum atomic E-state index is -3.70. The zero-order valence-corrected chi connectivity index (χ0v) is 16.3. The normalized spacial score (nSPS) is 14.0. The summed E-state index contributed by atoms with van der Waals surface area (Å²) < 4.78 is 29.0. The highest BCUT2D eigenvalue weighted by Crippen LogP contribution is 2.31. The van der Waals surface area contributed by atoms with Gasteiger partial charge in [0.1, 0.15) is 0 Å². The minimum absolute atomic E-state index is 0.291. The lowest BCUT2D eigenvalue weighted by Crippen LogP contribution is -2.23. The van der Waals surface area contributed by atoms with E-state index in [1.165, 1.54) is 5.56 Å². The van der Waals surface area contributed by atoms with E-state index in [4.69, 9.17) is 0 Å². The Hall–Kier alpha value is -2.57. The lowest BCUT2D eigenvalue weighted by molar-refractivity contribution is 0.602. The molecule has 2 N–H and O–H groups in total. The standard InChI is InChI=1S/C21H23N3O2S/c1-24(2)20-7-3-6-19-18(20)5-4-8-21(19)27(25,26)23-17-10-9-15-11-12-22-14-16(15)13-17/h3-10,13,22-23H,11-12,14H2,1-2H3. The number of hydrogen-bond acceptors (Lipinski definition) is 4. The Kier molecular flexibility index (Phi) is 4.53. The Labute approximate surface area is 160 Å². The van der Waals surface area contributed by atoms with Crippen molar-refractivity contribution in [3.63, 3.8) is 0 Å². The number of nitrogens with one attached hydrogen (secondary N) is 2. The van der Waals surface area contributed by atoms with Crippen LogP contribution in [0.1, 0.15) is 11.1 Å². The lowest BCUT2D eigenvalue weighted by Gasteiger charge is -2.19. The van der Waals surface area contributed by atoms with Gasteiger partial charge in [-0.2, -0.15) is 0 Å². The van der Waals surface area contributed by atoms with Gasteiger partial charge in [-0.3, -0.25) is 4.72 Å². The zero-order valence-electron chi connectivity index (χ0n) is 15.5. The van der Waals surface area contributed by atoms with Crippen LogP contribution in [-0.4, -0.2) is 29.1 Å². The molecule has 1 heterocycles. The fraction of sp³-hybridized carbons (Fsp3) is 0.238. The molecule has 0 unspecified atom stereocenters. The molecule has 140 valence electrons. The Morgan fingerprint density at radius 2 is 1.74 bits per heavy atom. The van der Waals surface area contributed by atoms with Crippen molar-refractivity contribution in [3.8, 4) is 0 Å². The van der Waals surface area contributed by atoms with Gasteiger partial charge < -0.3 is 10.2 Å². The smallest absolute Gasteiger partial charge is 0.262 e. The van der Waals surface area contributed by atoms with E-state index in [0.29, 0.717) is 10.6 Å². The molecule has 0 bridgehead atoms. The molecule has 27 heavy (non-hydrogen) atoms. The van der Waals surface area contributed by atoms with Crippen LogP contribution in [-0.2, 0) is 23.0 Å². The second-order valence-corrected chi connectivity index (χ2v) is 8.69. The third kappa shape index (κ3) is 3.38. The van der Waals surface area contributed by atoms with Crippen molar-refractivity contribution in [2.24, 2.45) is 0 Å². The summed E-state index contributed by atoms with van der Waals surface area (Å²) in [7, 11) is 0.210. The van der Waals surface area contributed by atoms with Crippen molar-refractivity contribution >= 4 is 32.2 Å². The van der Waals surface area contributed by atoms with E-state index < -0.39 is 10.0 Å². The van der Waals surface area contributed by atoms with Gasteiger partial charge in [0.2, 0.25) is 0 Å². The third-order valence-corrected chi connectivity index (χ3v) is 6.41. The Bertz CT molecular complexity index is 1110. The van der Waals surface area contributed by atoms with Crippen LogP contribution in [0.15, 0.2) is 59.5 Å². The van der Waals surface area contributed by atoms with Gasteiger partial charge in [-0.25, -0.2) is 8.42 Å². The second kappa shape index (κ2) is 6.87. The van der Waals surface area contributed by atoms with E-state index in [1.807, 2.05) is 61.5 Å². The SMILES string of the molecule is CN(C)c1cccc2c(S(=O)(=O)Nc3ccc4c(c3)CNCC4)cccc12. The van der Waals surface area contributed by atoms with Gasteiger partial charge in [-0.1, -0.05) is 30.3 Å². The van der Waals surface area contributed by atoms with E-state index in [-0.39, 0.29) is 0 Å². The summed E-state index contributed by atoms with van der Waals surface area (Å²) in [4.78, 5) is 2.28. The number of rotatable bonds is 4. The average Bonchev–Trinajstić information content (AvgIpc) is 2.66. The molecule has 1 aliphatic rings. The Morgan fingerprint density at radius 1 is 0.963 bits per heavy atom. The molecule has 1 aliphatic heterocycles. The van der Waals surface area contributed by atoms with Gasteiger partial charge in [0.05, 0.1) is 4.90 Å². The Morgan fingerprint density at radius 3 is 2.56 bits per heavy atom. The number of hydrogen-bond donors (Lipinski definition) is 2. The highest BCUT2D eigenvalue weighted by atomic mass is 32.2. The van der Waals surface area contributed by atoms with Gasteiger partial charge >= 0.3 is 0 Å². The van der Waals surface area contributed by atoms with Gasteiger partial charge in [0.25, 0.3) is 10.0 Å². The first kappa shape index (κ1) is 17.8. The van der Waals surface area contributed by atoms with Crippen LogP contribution in [0.25, 0.3) is 10.8 Å². The van der Waals surface area contributed by atoms with Crippen molar-refractivity contribution in [2.75, 3.05) is 30.3 Å². The van der Waals surface area contributed by atoms with Gasteiger partial charge in [0, 0.05) is 42.8 Å². The summed E-state index contributed by atoms with van der Waals surface area (Å²) in [6, 6.07) is 16.9. The van der Waals surface area contributed by atoms with E-state index in [1.54, 1.807) is 12.1 Å². The molecule has 0 atom stereocenters. The summed E-state index contributed by atoms with van der Waals surface area (Å²) >= 11 is 0. The number of fused-ring (bicyclic) bond motifs is 2. The van der Waals surface area contributed by atoms with Crippen LogP contribution in [0, 0.1) is 0 Å². The summed E-state index contributed by atoms with van der Waals surface area (Å²) in [6.07, 6.45) is 0.971. The van der Waals surface area contributed by atoms with E-state index >= 15 is 0 Å². The topological polar surface area (TPSA) is 61.4 Å². The predicted octanol–water partition coefficient (Wildman–Crippen LogP) is 3.35. The monoisotopic (exact) mass is 381 g/mol. The molecule has 3 aromatic rings. The van der Waals surface area contributed by atoms with E-state index in [9.17, 15) is 8.42 Å². The summed E-state index contributed by atoms with van der Waals surface area (Å²) in [5.74, 6) is 0. The molecule has 0 saturated carbocycles. The molecular weight excluding hydrogens is 358 g/mol. The fourth-order valence-electron chi connectivity index (χ4n) is 3.64. The largest absolute Gasteiger partial charge is 0.377 e. The third-order valence-electron chi connectivity index (χ3n) is 4.98. The number of nitrogens with zero attached hydrogens (tertiary/aromatic N) is 1. The van der Waals surface area contributed by atoms with Gasteiger partial charge in [-0.15, -0.1) is 0 Å². The maximum Gasteiger partial charge on any atom is 0.262 e.